The Bertz CT molecular complexity index is 206. The summed E-state index contributed by atoms with van der Waals surface area (Å²) < 4.78 is 0. The maximum Gasteiger partial charge on any atom is 0.0625 e. The summed E-state index contributed by atoms with van der Waals surface area (Å²) in [5.74, 6) is 0. The fraction of sp³-hybridized carbons (Fsp3) is 0.417. The molecule has 0 aromatic rings. The largest absolute Gasteiger partial charge is 0.198 e. The first-order chi connectivity index (χ1) is 6.41. The topological polar surface area (TPSA) is 23.8 Å². The van der Waals surface area contributed by atoms with Crippen molar-refractivity contribution in [1.82, 2.24) is 0 Å². The molecule has 0 aliphatic rings. The lowest BCUT2D eigenvalue weighted by atomic mass is 10.2. The maximum atomic E-state index is 8.25. The molecule has 0 heterocycles. The van der Waals surface area contributed by atoms with Gasteiger partial charge in [-0.05, 0) is 25.7 Å². The molecule has 0 aliphatic heterocycles. The molecule has 0 amide bonds. The van der Waals surface area contributed by atoms with Crippen molar-refractivity contribution in [1.29, 1.82) is 5.26 Å². The van der Waals surface area contributed by atoms with Gasteiger partial charge in [0.25, 0.3) is 0 Å². The van der Waals surface area contributed by atoms with Gasteiger partial charge in [-0.25, -0.2) is 0 Å². The van der Waals surface area contributed by atoms with Gasteiger partial charge in [0, 0.05) is 6.42 Å². The van der Waals surface area contributed by atoms with Gasteiger partial charge in [-0.3, -0.25) is 0 Å². The quantitative estimate of drug-likeness (QED) is 0.328. The smallest absolute Gasteiger partial charge is 0.0625 e. The second-order valence-electron chi connectivity index (χ2n) is 2.77. The predicted molar refractivity (Wildman–Crippen MR) is 57.2 cm³/mol. The molecule has 13 heavy (non-hydrogen) atoms. The Balaban J connectivity index is 3.25. The van der Waals surface area contributed by atoms with Crippen LogP contribution >= 0.6 is 0 Å². The van der Waals surface area contributed by atoms with Crippen molar-refractivity contribution in [3.8, 4) is 6.07 Å². The van der Waals surface area contributed by atoms with Gasteiger partial charge < -0.3 is 0 Å². The first-order valence-electron chi connectivity index (χ1n) is 4.71. The van der Waals surface area contributed by atoms with Crippen LogP contribution in [0, 0.1) is 11.3 Å². The summed E-state index contributed by atoms with van der Waals surface area (Å²) >= 11 is 0. The molecule has 0 aromatic carbocycles. The van der Waals surface area contributed by atoms with E-state index in [-0.39, 0.29) is 0 Å². The molecule has 0 rings (SSSR count). The molecule has 0 saturated heterocycles. The Kier molecular flexibility index (Phi) is 9.65. The van der Waals surface area contributed by atoms with Crippen LogP contribution in [0.15, 0.2) is 37.0 Å². The summed E-state index contributed by atoms with van der Waals surface area (Å²) in [5.41, 5.74) is 0. The van der Waals surface area contributed by atoms with Crippen LogP contribution in [-0.2, 0) is 0 Å². The zero-order valence-electron chi connectivity index (χ0n) is 8.08. The minimum absolute atomic E-state index is 0.612. The normalized spacial score (nSPS) is 10.7. The van der Waals surface area contributed by atoms with Crippen molar-refractivity contribution in [3.63, 3.8) is 0 Å². The molecular formula is C12H17N. The number of nitriles is 1. The van der Waals surface area contributed by atoms with E-state index in [1.165, 1.54) is 6.42 Å². The molecule has 0 N–H and O–H groups in total. The predicted octanol–water partition coefficient (Wildman–Crippen LogP) is 3.76. The SMILES string of the molecule is C=CCCC/C=C/C=C/CCC#N. The third-order valence-corrected chi connectivity index (χ3v) is 1.59. The van der Waals surface area contributed by atoms with Crippen molar-refractivity contribution in [2.24, 2.45) is 0 Å². The monoisotopic (exact) mass is 175 g/mol. The molecule has 0 spiro atoms. The molecule has 0 atom stereocenters. The number of rotatable bonds is 7. The lowest BCUT2D eigenvalue weighted by Crippen LogP contribution is -1.67. The Morgan fingerprint density at radius 1 is 1.08 bits per heavy atom. The maximum absolute atomic E-state index is 8.25. The summed E-state index contributed by atoms with van der Waals surface area (Å²) in [7, 11) is 0. The van der Waals surface area contributed by atoms with Crippen LogP contribution < -0.4 is 0 Å². The highest BCUT2D eigenvalue weighted by molar-refractivity contribution is 5.02. The van der Waals surface area contributed by atoms with Gasteiger partial charge in [-0.15, -0.1) is 6.58 Å². The van der Waals surface area contributed by atoms with Crippen LogP contribution in [0.4, 0.5) is 0 Å². The van der Waals surface area contributed by atoms with E-state index in [4.69, 9.17) is 5.26 Å². The van der Waals surface area contributed by atoms with Crippen molar-refractivity contribution < 1.29 is 0 Å². The summed E-state index contributed by atoms with van der Waals surface area (Å²) in [5, 5.41) is 8.25. The molecule has 0 aromatic heterocycles. The van der Waals surface area contributed by atoms with Gasteiger partial charge in [-0.1, -0.05) is 30.4 Å². The van der Waals surface area contributed by atoms with E-state index >= 15 is 0 Å². The van der Waals surface area contributed by atoms with Gasteiger partial charge in [-0.2, -0.15) is 5.26 Å². The van der Waals surface area contributed by atoms with Gasteiger partial charge in [0.2, 0.25) is 0 Å². The van der Waals surface area contributed by atoms with Crippen LogP contribution in [0.1, 0.15) is 32.1 Å². The van der Waals surface area contributed by atoms with Gasteiger partial charge in [0.1, 0.15) is 0 Å². The van der Waals surface area contributed by atoms with E-state index in [1.54, 1.807) is 0 Å². The van der Waals surface area contributed by atoms with Crippen LogP contribution in [-0.4, -0.2) is 0 Å². The van der Waals surface area contributed by atoms with Crippen molar-refractivity contribution >= 4 is 0 Å². The minimum Gasteiger partial charge on any atom is -0.198 e. The molecular weight excluding hydrogens is 158 g/mol. The van der Waals surface area contributed by atoms with E-state index in [1.807, 2.05) is 24.3 Å². The highest BCUT2D eigenvalue weighted by atomic mass is 14.2. The number of hydrogen-bond donors (Lipinski definition) is 0. The molecule has 0 bridgehead atoms. The van der Waals surface area contributed by atoms with Crippen LogP contribution in [0.2, 0.25) is 0 Å². The molecule has 0 unspecified atom stereocenters. The van der Waals surface area contributed by atoms with Crippen molar-refractivity contribution in [2.45, 2.75) is 32.1 Å². The number of hydrogen-bond acceptors (Lipinski definition) is 1. The van der Waals surface area contributed by atoms with E-state index < -0.39 is 0 Å². The first-order valence-corrected chi connectivity index (χ1v) is 4.71. The lowest BCUT2D eigenvalue weighted by Gasteiger charge is -1.86. The van der Waals surface area contributed by atoms with E-state index in [0.29, 0.717) is 6.42 Å². The third-order valence-electron chi connectivity index (χ3n) is 1.59. The molecule has 0 aliphatic carbocycles. The van der Waals surface area contributed by atoms with Gasteiger partial charge >= 0.3 is 0 Å². The van der Waals surface area contributed by atoms with E-state index in [0.717, 1.165) is 19.3 Å². The Morgan fingerprint density at radius 3 is 2.38 bits per heavy atom. The highest BCUT2D eigenvalue weighted by Crippen LogP contribution is 1.97. The van der Waals surface area contributed by atoms with Crippen LogP contribution in [0.3, 0.4) is 0 Å². The molecule has 0 saturated carbocycles. The standard InChI is InChI=1S/C12H17N/c1-2-3-4-5-6-7-8-9-10-11-12-13/h2,6-9H,1,3-5,10-11H2/b7-6+,9-8+. The van der Waals surface area contributed by atoms with Crippen LogP contribution in [0.5, 0.6) is 0 Å². The first kappa shape index (κ1) is 11.7. The second kappa shape index (κ2) is 10.7. The highest BCUT2D eigenvalue weighted by Gasteiger charge is 1.78. The fourth-order valence-electron chi connectivity index (χ4n) is 0.878. The average Bonchev–Trinajstić information content (AvgIpc) is 2.16. The Morgan fingerprint density at radius 2 is 1.77 bits per heavy atom. The van der Waals surface area contributed by atoms with Crippen LogP contribution in [0.25, 0.3) is 0 Å². The van der Waals surface area contributed by atoms with E-state index in [9.17, 15) is 0 Å². The average molecular weight is 175 g/mol. The molecule has 1 nitrogen and oxygen atoms in total. The third kappa shape index (κ3) is 10.7. The lowest BCUT2D eigenvalue weighted by molar-refractivity contribution is 0.870. The van der Waals surface area contributed by atoms with Gasteiger partial charge in [0.05, 0.1) is 6.07 Å². The molecule has 1 heteroatoms. The molecule has 0 fully saturated rings. The zero-order chi connectivity index (χ0) is 9.78. The summed E-state index contributed by atoms with van der Waals surface area (Å²) in [6, 6.07) is 2.10. The fourth-order valence-corrected chi connectivity index (χ4v) is 0.878. The zero-order valence-corrected chi connectivity index (χ0v) is 8.08. The van der Waals surface area contributed by atoms with Gasteiger partial charge in [0.15, 0.2) is 0 Å². The Hall–Kier alpha value is -1.29. The summed E-state index contributed by atoms with van der Waals surface area (Å²) in [4.78, 5) is 0. The molecule has 70 valence electrons. The van der Waals surface area contributed by atoms with Crippen molar-refractivity contribution in [2.75, 3.05) is 0 Å². The van der Waals surface area contributed by atoms with E-state index in [2.05, 4.69) is 18.7 Å². The summed E-state index contributed by atoms with van der Waals surface area (Å²) in [6.45, 7) is 3.66. The number of nitrogens with zero attached hydrogens (tertiary/aromatic N) is 1. The van der Waals surface area contributed by atoms with Crippen molar-refractivity contribution in [3.05, 3.63) is 37.0 Å². The minimum atomic E-state index is 0.612. The Labute approximate surface area is 81.1 Å². The summed E-state index contributed by atoms with van der Waals surface area (Å²) in [6.07, 6.45) is 15.0. The number of unbranched alkanes of at least 4 members (excludes halogenated alkanes) is 3. The molecule has 0 radical (unpaired) electrons. The number of allylic oxidation sites excluding steroid dienone is 5. The second-order valence-corrected chi connectivity index (χ2v) is 2.77.